The van der Waals surface area contributed by atoms with Crippen LogP contribution in [0.1, 0.15) is 44.7 Å². The predicted octanol–water partition coefficient (Wildman–Crippen LogP) is 4.36. The fourth-order valence-electron chi connectivity index (χ4n) is 4.53. The molecule has 0 spiro atoms. The molecular formula is C22H28O2. The lowest BCUT2D eigenvalue weighted by molar-refractivity contribution is -0.0658. The highest BCUT2D eigenvalue weighted by atomic mass is 16.3. The van der Waals surface area contributed by atoms with Crippen molar-refractivity contribution in [3.05, 3.63) is 71.8 Å². The zero-order valence-corrected chi connectivity index (χ0v) is 14.9. The molecule has 0 aromatic heterocycles. The van der Waals surface area contributed by atoms with E-state index in [1.807, 2.05) is 60.7 Å². The molecule has 0 saturated heterocycles. The van der Waals surface area contributed by atoms with E-state index < -0.39 is 5.60 Å². The first kappa shape index (κ1) is 17.2. The van der Waals surface area contributed by atoms with Gasteiger partial charge in [0.1, 0.15) is 5.60 Å². The summed E-state index contributed by atoms with van der Waals surface area (Å²) in [5, 5.41) is 22.0. The molecular weight excluding hydrogens is 296 g/mol. The average molecular weight is 324 g/mol. The van der Waals surface area contributed by atoms with E-state index in [1.165, 1.54) is 0 Å². The fraction of sp³-hybridized carbons (Fsp3) is 0.455. The van der Waals surface area contributed by atoms with E-state index in [-0.39, 0.29) is 23.4 Å². The molecule has 2 aromatic rings. The highest BCUT2D eigenvalue weighted by Gasteiger charge is 2.58. The Morgan fingerprint density at radius 2 is 1.38 bits per heavy atom. The van der Waals surface area contributed by atoms with Crippen molar-refractivity contribution in [2.75, 3.05) is 6.61 Å². The van der Waals surface area contributed by atoms with Gasteiger partial charge in [-0.15, -0.1) is 0 Å². The van der Waals surface area contributed by atoms with Crippen molar-refractivity contribution in [1.82, 2.24) is 0 Å². The van der Waals surface area contributed by atoms with Crippen molar-refractivity contribution >= 4 is 0 Å². The van der Waals surface area contributed by atoms with E-state index in [4.69, 9.17) is 0 Å². The fourth-order valence-corrected chi connectivity index (χ4v) is 4.53. The van der Waals surface area contributed by atoms with Crippen LogP contribution in [0, 0.1) is 16.7 Å². The van der Waals surface area contributed by atoms with E-state index in [0.29, 0.717) is 0 Å². The molecule has 128 valence electrons. The number of benzene rings is 2. The molecule has 1 aliphatic rings. The molecule has 0 heterocycles. The van der Waals surface area contributed by atoms with Crippen LogP contribution in [0.15, 0.2) is 60.7 Å². The lowest BCUT2D eigenvalue weighted by Crippen LogP contribution is -2.47. The van der Waals surface area contributed by atoms with Crippen molar-refractivity contribution in [2.45, 2.75) is 39.2 Å². The Balaban J connectivity index is 2.17. The van der Waals surface area contributed by atoms with Gasteiger partial charge in [0.05, 0.1) is 0 Å². The minimum atomic E-state index is -1.06. The van der Waals surface area contributed by atoms with Gasteiger partial charge in [-0.25, -0.2) is 0 Å². The van der Waals surface area contributed by atoms with Crippen molar-refractivity contribution in [1.29, 1.82) is 0 Å². The molecule has 2 N–H and O–H groups in total. The Morgan fingerprint density at radius 1 is 0.917 bits per heavy atom. The third-order valence-corrected chi connectivity index (χ3v) is 6.69. The standard InChI is InChI=1S/C22H28O2/c1-20(2)19(14-15-21(20,3)16-23)22(24,17-10-6-4-7-11-17)18-12-8-5-9-13-18/h4-13,19,23-24H,14-16H2,1-3H3. The van der Waals surface area contributed by atoms with Gasteiger partial charge in [0.2, 0.25) is 0 Å². The maximum atomic E-state index is 12.0. The van der Waals surface area contributed by atoms with E-state index in [2.05, 4.69) is 20.8 Å². The zero-order chi connectivity index (χ0) is 17.4. The Bertz CT molecular complexity index is 638. The maximum Gasteiger partial charge on any atom is 0.118 e. The molecule has 0 amide bonds. The maximum absolute atomic E-state index is 12.0. The smallest absolute Gasteiger partial charge is 0.118 e. The van der Waals surface area contributed by atoms with Gasteiger partial charge in [-0.05, 0) is 34.8 Å². The minimum Gasteiger partial charge on any atom is -0.396 e. The number of aliphatic hydroxyl groups excluding tert-OH is 1. The highest BCUT2D eigenvalue weighted by Crippen LogP contribution is 2.61. The molecule has 0 bridgehead atoms. The van der Waals surface area contributed by atoms with Gasteiger partial charge in [0, 0.05) is 12.5 Å². The third-order valence-electron chi connectivity index (χ3n) is 6.69. The average Bonchev–Trinajstić information content (AvgIpc) is 2.86. The zero-order valence-electron chi connectivity index (χ0n) is 14.9. The summed E-state index contributed by atoms with van der Waals surface area (Å²) in [5.74, 6) is 0.0342. The molecule has 1 fully saturated rings. The van der Waals surface area contributed by atoms with E-state index in [1.54, 1.807) is 0 Å². The van der Waals surface area contributed by atoms with Crippen LogP contribution in [0.4, 0.5) is 0 Å². The van der Waals surface area contributed by atoms with Crippen LogP contribution in [0.3, 0.4) is 0 Å². The summed E-state index contributed by atoms with van der Waals surface area (Å²) in [6.45, 7) is 6.68. The summed E-state index contributed by atoms with van der Waals surface area (Å²) >= 11 is 0. The second-order valence-corrected chi connectivity index (χ2v) is 8.03. The van der Waals surface area contributed by atoms with Crippen molar-refractivity contribution in [2.24, 2.45) is 16.7 Å². The normalized spacial score (nSPS) is 26.5. The molecule has 2 atom stereocenters. The molecule has 0 radical (unpaired) electrons. The minimum absolute atomic E-state index is 0.0342. The Kier molecular flexibility index (Phi) is 4.31. The first-order valence-corrected chi connectivity index (χ1v) is 8.80. The SMILES string of the molecule is CC1(CO)CCC(C(O)(c2ccccc2)c2ccccc2)C1(C)C. The van der Waals surface area contributed by atoms with Gasteiger partial charge >= 0.3 is 0 Å². The first-order valence-electron chi connectivity index (χ1n) is 8.80. The van der Waals surface area contributed by atoms with Gasteiger partial charge < -0.3 is 10.2 Å². The van der Waals surface area contributed by atoms with Gasteiger partial charge in [0.15, 0.2) is 0 Å². The number of hydrogen-bond acceptors (Lipinski definition) is 2. The number of hydrogen-bond donors (Lipinski definition) is 2. The van der Waals surface area contributed by atoms with Crippen LogP contribution in [-0.2, 0) is 5.60 Å². The van der Waals surface area contributed by atoms with Crippen molar-refractivity contribution in [3.8, 4) is 0 Å². The molecule has 2 nitrogen and oxygen atoms in total. The molecule has 1 saturated carbocycles. The van der Waals surface area contributed by atoms with Crippen LogP contribution < -0.4 is 0 Å². The molecule has 2 heteroatoms. The summed E-state index contributed by atoms with van der Waals surface area (Å²) in [6, 6.07) is 19.9. The van der Waals surface area contributed by atoms with Crippen LogP contribution in [0.2, 0.25) is 0 Å². The van der Waals surface area contributed by atoms with Gasteiger partial charge in [-0.1, -0.05) is 81.4 Å². The summed E-state index contributed by atoms with van der Waals surface area (Å²) in [5.41, 5.74) is 0.420. The van der Waals surface area contributed by atoms with E-state index >= 15 is 0 Å². The Morgan fingerprint density at radius 3 is 1.75 bits per heavy atom. The number of aliphatic hydroxyl groups is 2. The third kappa shape index (κ3) is 2.40. The molecule has 2 aromatic carbocycles. The topological polar surface area (TPSA) is 40.5 Å². The van der Waals surface area contributed by atoms with Gasteiger partial charge in [-0.3, -0.25) is 0 Å². The lowest BCUT2D eigenvalue weighted by atomic mass is 9.59. The molecule has 0 aliphatic heterocycles. The Hall–Kier alpha value is -1.64. The largest absolute Gasteiger partial charge is 0.396 e. The van der Waals surface area contributed by atoms with E-state index in [0.717, 1.165) is 24.0 Å². The quantitative estimate of drug-likeness (QED) is 0.877. The monoisotopic (exact) mass is 324 g/mol. The number of rotatable bonds is 4. The van der Waals surface area contributed by atoms with Crippen LogP contribution in [-0.4, -0.2) is 16.8 Å². The highest BCUT2D eigenvalue weighted by molar-refractivity contribution is 5.38. The summed E-state index contributed by atoms with van der Waals surface area (Å²) in [4.78, 5) is 0. The van der Waals surface area contributed by atoms with Gasteiger partial charge in [0.25, 0.3) is 0 Å². The van der Waals surface area contributed by atoms with Crippen molar-refractivity contribution in [3.63, 3.8) is 0 Å². The Labute approximate surface area is 145 Å². The van der Waals surface area contributed by atoms with Crippen molar-refractivity contribution < 1.29 is 10.2 Å². The second kappa shape index (κ2) is 6.02. The van der Waals surface area contributed by atoms with E-state index in [9.17, 15) is 10.2 Å². The first-order chi connectivity index (χ1) is 11.4. The van der Waals surface area contributed by atoms with Crippen LogP contribution in [0.5, 0.6) is 0 Å². The predicted molar refractivity (Wildman–Crippen MR) is 97.6 cm³/mol. The van der Waals surface area contributed by atoms with Gasteiger partial charge in [-0.2, -0.15) is 0 Å². The summed E-state index contributed by atoms with van der Waals surface area (Å²) in [7, 11) is 0. The molecule has 3 rings (SSSR count). The van der Waals surface area contributed by atoms with Crippen LogP contribution in [0.25, 0.3) is 0 Å². The molecule has 1 aliphatic carbocycles. The molecule has 2 unspecified atom stereocenters. The lowest BCUT2D eigenvalue weighted by Gasteiger charge is -2.47. The molecule has 24 heavy (non-hydrogen) atoms. The van der Waals surface area contributed by atoms with Crippen LogP contribution >= 0.6 is 0 Å². The summed E-state index contributed by atoms with van der Waals surface area (Å²) < 4.78 is 0. The second-order valence-electron chi connectivity index (χ2n) is 8.03. The summed E-state index contributed by atoms with van der Waals surface area (Å²) in [6.07, 6.45) is 1.81.